The Balaban J connectivity index is 1.25. The van der Waals surface area contributed by atoms with E-state index in [4.69, 9.17) is 0 Å². The molecule has 29 heavy (non-hydrogen) atoms. The predicted octanol–water partition coefficient (Wildman–Crippen LogP) is 1.35. The van der Waals surface area contributed by atoms with E-state index >= 15 is 0 Å². The molecule has 1 aliphatic heterocycles. The number of hydrogen-bond acceptors (Lipinski definition) is 6. The average Bonchev–Trinajstić information content (AvgIpc) is 2.75. The van der Waals surface area contributed by atoms with Crippen LogP contribution in [0.3, 0.4) is 0 Å². The number of fused-ring (bicyclic) bond motifs is 2. The first kappa shape index (κ1) is 21.9. The third-order valence-electron chi connectivity index (χ3n) is 5.25. The van der Waals surface area contributed by atoms with Crippen LogP contribution < -0.4 is 21.3 Å². The maximum absolute atomic E-state index is 4.05. The number of nitrogens with zero attached hydrogens (tertiary/aromatic N) is 2. The molecule has 0 amide bonds. The van der Waals surface area contributed by atoms with Crippen molar-refractivity contribution < 1.29 is 0 Å². The van der Waals surface area contributed by atoms with Crippen molar-refractivity contribution in [1.82, 2.24) is 31.2 Å². The normalized spacial score (nSPS) is 16.1. The Labute approximate surface area is 175 Å². The molecule has 0 radical (unpaired) electrons. The van der Waals surface area contributed by atoms with E-state index in [1.807, 2.05) is 12.4 Å². The van der Waals surface area contributed by atoms with E-state index in [1.165, 1.54) is 16.7 Å². The van der Waals surface area contributed by atoms with Crippen LogP contribution in [0.5, 0.6) is 0 Å². The quantitative estimate of drug-likeness (QED) is 0.480. The third-order valence-corrected chi connectivity index (χ3v) is 5.25. The second-order valence-corrected chi connectivity index (χ2v) is 7.65. The number of hydrogen-bond donors (Lipinski definition) is 4. The third kappa shape index (κ3) is 9.02. The first-order chi connectivity index (χ1) is 14.4. The van der Waals surface area contributed by atoms with Crippen LogP contribution in [0, 0.1) is 0 Å². The summed E-state index contributed by atoms with van der Waals surface area (Å²) < 4.78 is 0. The molecular weight excluding hydrogens is 360 g/mol. The summed E-state index contributed by atoms with van der Waals surface area (Å²) in [4.78, 5) is 6.59. The average molecular weight is 397 g/mol. The van der Waals surface area contributed by atoms with Crippen LogP contribution in [-0.4, -0.2) is 62.2 Å². The number of pyridine rings is 1. The lowest BCUT2D eigenvalue weighted by Crippen LogP contribution is -2.40. The van der Waals surface area contributed by atoms with Crippen molar-refractivity contribution in [2.24, 2.45) is 0 Å². The van der Waals surface area contributed by atoms with Crippen LogP contribution in [0.4, 0.5) is 0 Å². The molecule has 2 aromatic rings. The van der Waals surface area contributed by atoms with Crippen molar-refractivity contribution in [3.05, 3.63) is 65.5 Å². The molecule has 0 saturated carbocycles. The number of aromatic nitrogens is 1. The second-order valence-electron chi connectivity index (χ2n) is 7.65. The SMILES string of the molecule is c1cc2cc(c1)CNCCN(CCNCCCNCc1ccncc1)CCNC2. The molecule has 0 aliphatic carbocycles. The maximum Gasteiger partial charge on any atom is 0.0271 e. The van der Waals surface area contributed by atoms with Crippen molar-refractivity contribution in [3.63, 3.8) is 0 Å². The van der Waals surface area contributed by atoms with Gasteiger partial charge in [0, 0.05) is 71.3 Å². The van der Waals surface area contributed by atoms with Gasteiger partial charge in [-0.2, -0.15) is 0 Å². The fraction of sp³-hybridized carbons (Fsp3) is 0.522. The minimum absolute atomic E-state index is 0.917. The van der Waals surface area contributed by atoms with Crippen LogP contribution in [0.2, 0.25) is 0 Å². The van der Waals surface area contributed by atoms with Gasteiger partial charge in [0.2, 0.25) is 0 Å². The Morgan fingerprint density at radius 1 is 0.862 bits per heavy atom. The number of rotatable bonds is 9. The highest BCUT2D eigenvalue weighted by Crippen LogP contribution is 2.05. The summed E-state index contributed by atoms with van der Waals surface area (Å²) in [5.41, 5.74) is 4.03. The summed E-state index contributed by atoms with van der Waals surface area (Å²) >= 11 is 0. The molecule has 1 aromatic carbocycles. The Hall–Kier alpha value is -1.83. The molecule has 2 heterocycles. The van der Waals surface area contributed by atoms with Gasteiger partial charge >= 0.3 is 0 Å². The highest BCUT2D eigenvalue weighted by molar-refractivity contribution is 5.23. The van der Waals surface area contributed by atoms with Gasteiger partial charge in [0.1, 0.15) is 0 Å². The van der Waals surface area contributed by atoms with Crippen LogP contribution in [-0.2, 0) is 19.6 Å². The summed E-state index contributed by atoms with van der Waals surface area (Å²) in [6.45, 7) is 11.3. The van der Waals surface area contributed by atoms with Crippen LogP contribution in [0.15, 0.2) is 48.8 Å². The Kier molecular flexibility index (Phi) is 10.1. The minimum Gasteiger partial charge on any atom is -0.315 e. The molecule has 3 rings (SSSR count). The van der Waals surface area contributed by atoms with Gasteiger partial charge in [0.25, 0.3) is 0 Å². The van der Waals surface area contributed by atoms with Crippen molar-refractivity contribution in [1.29, 1.82) is 0 Å². The Bertz CT molecular complexity index is 651. The van der Waals surface area contributed by atoms with E-state index in [2.05, 4.69) is 67.5 Å². The second kappa shape index (κ2) is 13.4. The van der Waals surface area contributed by atoms with Gasteiger partial charge < -0.3 is 21.3 Å². The monoisotopic (exact) mass is 396 g/mol. The molecule has 0 fully saturated rings. The molecule has 6 heteroatoms. The van der Waals surface area contributed by atoms with E-state index in [1.54, 1.807) is 0 Å². The van der Waals surface area contributed by atoms with Gasteiger partial charge in [-0.15, -0.1) is 0 Å². The highest BCUT2D eigenvalue weighted by atomic mass is 15.2. The van der Waals surface area contributed by atoms with Crippen molar-refractivity contribution in [2.75, 3.05) is 52.4 Å². The molecule has 6 nitrogen and oxygen atoms in total. The van der Waals surface area contributed by atoms with Crippen molar-refractivity contribution >= 4 is 0 Å². The first-order valence-electron chi connectivity index (χ1n) is 10.9. The molecule has 4 N–H and O–H groups in total. The van der Waals surface area contributed by atoms with Crippen LogP contribution >= 0.6 is 0 Å². The topological polar surface area (TPSA) is 64.2 Å². The molecule has 0 unspecified atom stereocenters. The minimum atomic E-state index is 0.917. The van der Waals surface area contributed by atoms with Crippen molar-refractivity contribution in [2.45, 2.75) is 26.1 Å². The largest absolute Gasteiger partial charge is 0.315 e. The van der Waals surface area contributed by atoms with Crippen LogP contribution in [0.1, 0.15) is 23.1 Å². The Morgan fingerprint density at radius 2 is 1.55 bits per heavy atom. The highest BCUT2D eigenvalue weighted by Gasteiger charge is 2.06. The van der Waals surface area contributed by atoms with Crippen LogP contribution in [0.25, 0.3) is 0 Å². The van der Waals surface area contributed by atoms with E-state index in [0.717, 1.165) is 78.4 Å². The fourth-order valence-electron chi connectivity index (χ4n) is 3.56. The molecule has 1 aliphatic rings. The maximum atomic E-state index is 4.05. The van der Waals surface area contributed by atoms with Gasteiger partial charge in [0.15, 0.2) is 0 Å². The van der Waals surface area contributed by atoms with E-state index < -0.39 is 0 Å². The van der Waals surface area contributed by atoms with Gasteiger partial charge in [-0.1, -0.05) is 24.3 Å². The molecule has 0 saturated heterocycles. The lowest BCUT2D eigenvalue weighted by atomic mass is 10.1. The zero-order valence-corrected chi connectivity index (χ0v) is 17.5. The van der Waals surface area contributed by atoms with Gasteiger partial charge in [-0.05, 0) is 48.3 Å². The van der Waals surface area contributed by atoms with E-state index in [9.17, 15) is 0 Å². The standard InChI is InChI=1S/C23H36N6/c1-3-22-17-23(4-1)20-28-13-16-29(15-12-27-19-22)14-11-24-7-2-8-26-18-21-5-9-25-10-6-21/h1,3-6,9-10,17,24,26-28H,2,7-8,11-16,18-20H2. The van der Waals surface area contributed by atoms with Gasteiger partial charge in [-0.25, -0.2) is 0 Å². The number of benzene rings is 1. The molecule has 158 valence electrons. The summed E-state index contributed by atoms with van der Waals surface area (Å²) in [5.74, 6) is 0. The summed E-state index contributed by atoms with van der Waals surface area (Å²) in [7, 11) is 0. The van der Waals surface area contributed by atoms with Gasteiger partial charge in [0.05, 0.1) is 0 Å². The lowest BCUT2D eigenvalue weighted by Gasteiger charge is -2.23. The molecule has 2 bridgehead atoms. The van der Waals surface area contributed by atoms with E-state index in [0.29, 0.717) is 0 Å². The summed E-state index contributed by atoms with van der Waals surface area (Å²) in [5, 5.41) is 14.3. The summed E-state index contributed by atoms with van der Waals surface area (Å²) in [6.07, 6.45) is 4.84. The Morgan fingerprint density at radius 3 is 2.28 bits per heavy atom. The van der Waals surface area contributed by atoms with Crippen molar-refractivity contribution in [3.8, 4) is 0 Å². The molecule has 0 spiro atoms. The van der Waals surface area contributed by atoms with E-state index in [-0.39, 0.29) is 0 Å². The first-order valence-corrected chi connectivity index (χ1v) is 10.9. The molecular formula is C23H36N6. The zero-order valence-electron chi connectivity index (χ0n) is 17.5. The summed E-state index contributed by atoms with van der Waals surface area (Å²) in [6, 6.07) is 13.0. The zero-order chi connectivity index (χ0) is 20.0. The van der Waals surface area contributed by atoms with Gasteiger partial charge in [-0.3, -0.25) is 9.88 Å². The lowest BCUT2D eigenvalue weighted by molar-refractivity contribution is 0.271. The molecule has 0 atom stereocenters. The number of nitrogens with one attached hydrogen (secondary N) is 4. The fourth-order valence-corrected chi connectivity index (χ4v) is 3.56. The molecule has 1 aromatic heterocycles. The smallest absolute Gasteiger partial charge is 0.0271 e. The predicted molar refractivity (Wildman–Crippen MR) is 120 cm³/mol.